The van der Waals surface area contributed by atoms with Gasteiger partial charge in [-0.15, -0.1) is 0 Å². The summed E-state index contributed by atoms with van der Waals surface area (Å²) >= 11 is 0. The number of carbonyl (C=O) groups excluding carboxylic acids is 1. The zero-order chi connectivity index (χ0) is 11.8. The molecular weight excluding hydrogens is 196 g/mol. The first-order valence-electron chi connectivity index (χ1n) is 6.73. The van der Waals surface area contributed by atoms with E-state index in [1.807, 2.05) is 0 Å². The van der Waals surface area contributed by atoms with E-state index >= 15 is 0 Å². The lowest BCUT2D eigenvalue weighted by Crippen LogP contribution is -2.30. The fourth-order valence-electron chi connectivity index (χ4n) is 4.02. The molecule has 3 unspecified atom stereocenters. The Morgan fingerprint density at radius 2 is 2.12 bits per heavy atom. The summed E-state index contributed by atoms with van der Waals surface area (Å²) in [6.07, 6.45) is 9.52. The summed E-state index contributed by atoms with van der Waals surface area (Å²) in [5.41, 5.74) is 1.49. The number of hydrogen-bond donors (Lipinski definition) is 0. The van der Waals surface area contributed by atoms with Crippen molar-refractivity contribution >= 4 is 6.29 Å². The van der Waals surface area contributed by atoms with Crippen molar-refractivity contribution in [3.05, 3.63) is 11.6 Å². The maximum atomic E-state index is 10.8. The zero-order valence-corrected chi connectivity index (χ0v) is 10.8. The SMILES string of the molecule is CCC(C=O)=CCC1C2CCC(C2)C1(C)C. The smallest absolute Gasteiger partial charge is 0.145 e. The molecule has 0 aromatic heterocycles. The van der Waals surface area contributed by atoms with Crippen molar-refractivity contribution < 1.29 is 4.79 Å². The molecule has 1 heteroatoms. The number of aldehydes is 1. The van der Waals surface area contributed by atoms with Gasteiger partial charge >= 0.3 is 0 Å². The largest absolute Gasteiger partial charge is 0.298 e. The van der Waals surface area contributed by atoms with Crippen LogP contribution in [0, 0.1) is 23.2 Å². The molecule has 0 aromatic rings. The van der Waals surface area contributed by atoms with E-state index in [9.17, 15) is 4.79 Å². The Bertz CT molecular complexity index is 301. The van der Waals surface area contributed by atoms with E-state index in [1.54, 1.807) is 0 Å². The van der Waals surface area contributed by atoms with Crippen LogP contribution in [0.2, 0.25) is 0 Å². The lowest BCUT2D eigenvalue weighted by Gasteiger charge is -2.38. The quantitative estimate of drug-likeness (QED) is 0.517. The number of hydrogen-bond acceptors (Lipinski definition) is 1. The van der Waals surface area contributed by atoms with E-state index in [2.05, 4.69) is 26.8 Å². The molecule has 0 N–H and O–H groups in total. The zero-order valence-electron chi connectivity index (χ0n) is 10.8. The normalized spacial score (nSPS) is 36.7. The van der Waals surface area contributed by atoms with Gasteiger partial charge in [0.15, 0.2) is 0 Å². The summed E-state index contributed by atoms with van der Waals surface area (Å²) in [6, 6.07) is 0. The van der Waals surface area contributed by atoms with Gasteiger partial charge in [-0.05, 0) is 60.8 Å². The Hall–Kier alpha value is -0.590. The summed E-state index contributed by atoms with van der Waals surface area (Å²) in [4.78, 5) is 10.8. The predicted molar refractivity (Wildman–Crippen MR) is 67.2 cm³/mol. The van der Waals surface area contributed by atoms with Crippen LogP contribution in [-0.2, 0) is 4.79 Å². The molecule has 2 rings (SSSR count). The molecule has 90 valence electrons. The van der Waals surface area contributed by atoms with Crippen molar-refractivity contribution in [1.29, 1.82) is 0 Å². The summed E-state index contributed by atoms with van der Waals surface area (Å²) in [5, 5.41) is 0. The van der Waals surface area contributed by atoms with Gasteiger partial charge < -0.3 is 0 Å². The van der Waals surface area contributed by atoms with Gasteiger partial charge in [0, 0.05) is 0 Å². The third kappa shape index (κ3) is 1.85. The molecule has 2 fully saturated rings. The summed E-state index contributed by atoms with van der Waals surface area (Å²) in [7, 11) is 0. The fourth-order valence-corrected chi connectivity index (χ4v) is 4.02. The van der Waals surface area contributed by atoms with Crippen LogP contribution in [0.15, 0.2) is 11.6 Å². The van der Waals surface area contributed by atoms with Crippen molar-refractivity contribution in [3.8, 4) is 0 Å². The van der Waals surface area contributed by atoms with Gasteiger partial charge in [0.1, 0.15) is 6.29 Å². The van der Waals surface area contributed by atoms with E-state index in [0.717, 1.165) is 42.5 Å². The third-order valence-corrected chi connectivity index (χ3v) is 5.24. The van der Waals surface area contributed by atoms with Crippen molar-refractivity contribution in [2.75, 3.05) is 0 Å². The van der Waals surface area contributed by atoms with Gasteiger partial charge in [-0.1, -0.05) is 26.8 Å². The minimum absolute atomic E-state index is 0.501. The van der Waals surface area contributed by atoms with Gasteiger partial charge in [0.2, 0.25) is 0 Å². The standard InChI is InChI=1S/C15H24O/c1-4-11(10-16)5-8-14-12-6-7-13(9-12)15(14,2)3/h5,10,12-14H,4,6-9H2,1-3H3. The van der Waals surface area contributed by atoms with Crippen LogP contribution < -0.4 is 0 Å². The highest BCUT2D eigenvalue weighted by atomic mass is 16.1. The van der Waals surface area contributed by atoms with Gasteiger partial charge in [-0.2, -0.15) is 0 Å². The molecule has 0 saturated heterocycles. The van der Waals surface area contributed by atoms with E-state index < -0.39 is 0 Å². The first-order valence-corrected chi connectivity index (χ1v) is 6.73. The van der Waals surface area contributed by atoms with E-state index in [0.29, 0.717) is 5.41 Å². The molecule has 0 spiro atoms. The van der Waals surface area contributed by atoms with Crippen LogP contribution in [0.1, 0.15) is 52.9 Å². The molecular formula is C15H24O. The van der Waals surface area contributed by atoms with Crippen molar-refractivity contribution in [2.24, 2.45) is 23.2 Å². The van der Waals surface area contributed by atoms with Crippen LogP contribution in [0.5, 0.6) is 0 Å². The molecule has 0 aliphatic heterocycles. The molecule has 0 radical (unpaired) electrons. The van der Waals surface area contributed by atoms with E-state index in [4.69, 9.17) is 0 Å². The Balaban J connectivity index is 2.05. The third-order valence-electron chi connectivity index (χ3n) is 5.24. The molecule has 0 aromatic carbocycles. The number of allylic oxidation sites excluding steroid dienone is 2. The van der Waals surface area contributed by atoms with Gasteiger partial charge in [-0.3, -0.25) is 4.79 Å². The second kappa shape index (κ2) is 4.35. The fraction of sp³-hybridized carbons (Fsp3) is 0.800. The summed E-state index contributed by atoms with van der Waals surface area (Å²) in [6.45, 7) is 6.93. The number of fused-ring (bicyclic) bond motifs is 2. The highest BCUT2D eigenvalue weighted by Crippen LogP contribution is 2.60. The highest BCUT2D eigenvalue weighted by molar-refractivity contribution is 5.72. The monoisotopic (exact) mass is 220 g/mol. The molecule has 3 atom stereocenters. The average Bonchev–Trinajstić information content (AvgIpc) is 2.80. The van der Waals surface area contributed by atoms with E-state index in [1.165, 1.54) is 19.3 Å². The lowest BCUT2D eigenvalue weighted by molar-refractivity contribution is -0.105. The van der Waals surface area contributed by atoms with Crippen LogP contribution in [0.3, 0.4) is 0 Å². The Morgan fingerprint density at radius 1 is 1.38 bits per heavy atom. The predicted octanol–water partition coefficient (Wildman–Crippen LogP) is 3.98. The molecule has 2 saturated carbocycles. The summed E-state index contributed by atoms with van der Waals surface area (Å²) in [5.74, 6) is 2.69. The van der Waals surface area contributed by atoms with Crippen molar-refractivity contribution in [2.45, 2.75) is 52.9 Å². The van der Waals surface area contributed by atoms with Crippen molar-refractivity contribution in [3.63, 3.8) is 0 Å². The minimum Gasteiger partial charge on any atom is -0.298 e. The highest BCUT2D eigenvalue weighted by Gasteiger charge is 2.51. The minimum atomic E-state index is 0.501. The maximum Gasteiger partial charge on any atom is 0.145 e. The lowest BCUT2D eigenvalue weighted by atomic mass is 9.67. The number of rotatable bonds is 4. The van der Waals surface area contributed by atoms with E-state index in [-0.39, 0.29) is 0 Å². The Labute approximate surface area is 99.3 Å². The van der Waals surface area contributed by atoms with Gasteiger partial charge in [-0.25, -0.2) is 0 Å². The topological polar surface area (TPSA) is 17.1 Å². The molecule has 2 aliphatic rings. The Morgan fingerprint density at radius 3 is 2.62 bits per heavy atom. The van der Waals surface area contributed by atoms with Crippen LogP contribution in [0.4, 0.5) is 0 Å². The van der Waals surface area contributed by atoms with Crippen LogP contribution in [0.25, 0.3) is 0 Å². The average molecular weight is 220 g/mol. The number of carbonyl (C=O) groups is 1. The molecule has 2 aliphatic carbocycles. The van der Waals surface area contributed by atoms with Crippen LogP contribution >= 0.6 is 0 Å². The second-order valence-corrected chi connectivity index (χ2v) is 6.18. The van der Waals surface area contributed by atoms with Gasteiger partial charge in [0.05, 0.1) is 0 Å². The molecule has 0 amide bonds. The van der Waals surface area contributed by atoms with Crippen LogP contribution in [-0.4, -0.2) is 6.29 Å². The summed E-state index contributed by atoms with van der Waals surface area (Å²) < 4.78 is 0. The Kier molecular flexibility index (Phi) is 3.23. The van der Waals surface area contributed by atoms with Crippen molar-refractivity contribution in [1.82, 2.24) is 0 Å². The molecule has 1 nitrogen and oxygen atoms in total. The second-order valence-electron chi connectivity index (χ2n) is 6.18. The molecule has 16 heavy (non-hydrogen) atoms. The first kappa shape index (κ1) is 11.9. The molecule has 0 heterocycles. The maximum absolute atomic E-state index is 10.8. The molecule has 2 bridgehead atoms. The van der Waals surface area contributed by atoms with Gasteiger partial charge in [0.25, 0.3) is 0 Å². The first-order chi connectivity index (χ1) is 7.59.